The van der Waals surface area contributed by atoms with E-state index in [2.05, 4.69) is 28.6 Å². The summed E-state index contributed by atoms with van der Waals surface area (Å²) in [5, 5.41) is 0. The minimum atomic E-state index is 0.471. The number of aromatic nitrogens is 2. The molecule has 0 spiro atoms. The Bertz CT molecular complexity index is 433. The second-order valence-electron chi connectivity index (χ2n) is 3.33. The first-order valence-corrected chi connectivity index (χ1v) is 6.32. The van der Waals surface area contributed by atoms with Crippen LogP contribution in [0, 0.1) is 0 Å². The number of halogens is 1. The van der Waals surface area contributed by atoms with Crippen LogP contribution >= 0.6 is 22.9 Å². The Kier molecular flexibility index (Phi) is 3.44. The molecule has 0 atom stereocenters. The zero-order valence-corrected chi connectivity index (χ0v) is 10.2. The van der Waals surface area contributed by atoms with Crippen molar-refractivity contribution in [3.63, 3.8) is 0 Å². The topological polar surface area (TPSA) is 17.8 Å². The zero-order chi connectivity index (χ0) is 10.7. The molecule has 15 heavy (non-hydrogen) atoms. The molecule has 2 aromatic rings. The van der Waals surface area contributed by atoms with Crippen LogP contribution in [0.4, 0.5) is 0 Å². The molecule has 0 N–H and O–H groups in total. The molecule has 2 aromatic heterocycles. The van der Waals surface area contributed by atoms with Gasteiger partial charge < -0.3 is 4.57 Å². The van der Waals surface area contributed by atoms with Gasteiger partial charge in [-0.15, -0.1) is 22.9 Å². The van der Waals surface area contributed by atoms with Crippen LogP contribution in [0.15, 0.2) is 24.5 Å². The van der Waals surface area contributed by atoms with Crippen molar-refractivity contribution in [2.75, 3.05) is 0 Å². The van der Waals surface area contributed by atoms with E-state index in [1.165, 1.54) is 9.75 Å². The van der Waals surface area contributed by atoms with E-state index in [4.69, 9.17) is 11.6 Å². The average molecular weight is 241 g/mol. The quantitative estimate of drug-likeness (QED) is 0.750. The zero-order valence-electron chi connectivity index (χ0n) is 8.61. The number of rotatable bonds is 4. The van der Waals surface area contributed by atoms with Crippen LogP contribution in [0.1, 0.15) is 22.5 Å². The van der Waals surface area contributed by atoms with Crippen molar-refractivity contribution in [1.82, 2.24) is 9.55 Å². The number of hydrogen-bond acceptors (Lipinski definition) is 2. The van der Waals surface area contributed by atoms with Gasteiger partial charge in [-0.3, -0.25) is 0 Å². The summed E-state index contributed by atoms with van der Waals surface area (Å²) < 4.78 is 2.10. The Morgan fingerprint density at radius 2 is 2.20 bits per heavy atom. The third kappa shape index (κ3) is 2.41. The Morgan fingerprint density at radius 3 is 2.87 bits per heavy atom. The maximum Gasteiger partial charge on any atom is 0.123 e. The molecule has 4 heteroatoms. The summed E-state index contributed by atoms with van der Waals surface area (Å²) in [5.74, 6) is 1.40. The van der Waals surface area contributed by atoms with Crippen molar-refractivity contribution in [2.45, 2.75) is 25.8 Å². The fraction of sp³-hybridized carbons (Fsp3) is 0.364. The van der Waals surface area contributed by atoms with Crippen molar-refractivity contribution in [2.24, 2.45) is 0 Å². The average Bonchev–Trinajstić information content (AvgIpc) is 2.87. The molecule has 0 aliphatic heterocycles. The molecular formula is C11H13ClN2S. The highest BCUT2D eigenvalue weighted by Crippen LogP contribution is 2.18. The predicted molar refractivity (Wildman–Crippen MR) is 64.6 cm³/mol. The lowest BCUT2D eigenvalue weighted by molar-refractivity contribution is 0.765. The highest BCUT2D eigenvalue weighted by atomic mass is 35.5. The van der Waals surface area contributed by atoms with E-state index in [0.29, 0.717) is 5.88 Å². The lowest BCUT2D eigenvalue weighted by Crippen LogP contribution is -2.00. The first kappa shape index (κ1) is 10.7. The van der Waals surface area contributed by atoms with Crippen molar-refractivity contribution in [1.29, 1.82) is 0 Å². The van der Waals surface area contributed by atoms with Crippen molar-refractivity contribution < 1.29 is 0 Å². The molecule has 0 saturated heterocycles. The Hall–Kier alpha value is -0.800. The molecule has 0 aromatic carbocycles. The second kappa shape index (κ2) is 4.81. The molecule has 0 fully saturated rings. The van der Waals surface area contributed by atoms with E-state index < -0.39 is 0 Å². The largest absolute Gasteiger partial charge is 0.329 e. The summed E-state index contributed by atoms with van der Waals surface area (Å²) in [6.07, 6.45) is 4.88. The van der Waals surface area contributed by atoms with Crippen LogP contribution < -0.4 is 0 Å². The number of thiophene rings is 1. The van der Waals surface area contributed by atoms with E-state index in [0.717, 1.165) is 18.8 Å². The smallest absolute Gasteiger partial charge is 0.123 e. The van der Waals surface area contributed by atoms with Crippen molar-refractivity contribution in [3.8, 4) is 0 Å². The van der Waals surface area contributed by atoms with E-state index >= 15 is 0 Å². The maximum absolute atomic E-state index is 5.79. The third-order valence-electron chi connectivity index (χ3n) is 2.31. The summed E-state index contributed by atoms with van der Waals surface area (Å²) in [5.41, 5.74) is 0. The summed E-state index contributed by atoms with van der Waals surface area (Å²) >= 11 is 7.65. The van der Waals surface area contributed by atoms with Gasteiger partial charge in [0.25, 0.3) is 0 Å². The Labute approximate surface area is 98.5 Å². The highest BCUT2D eigenvalue weighted by Gasteiger charge is 2.03. The van der Waals surface area contributed by atoms with Crippen LogP contribution in [-0.2, 0) is 18.8 Å². The Morgan fingerprint density at radius 1 is 1.40 bits per heavy atom. The van der Waals surface area contributed by atoms with Gasteiger partial charge in [0.15, 0.2) is 0 Å². The monoisotopic (exact) mass is 240 g/mol. The van der Waals surface area contributed by atoms with Gasteiger partial charge in [-0.2, -0.15) is 0 Å². The number of aryl methyl sites for hydroxylation is 1. The van der Waals surface area contributed by atoms with Crippen LogP contribution in [0.25, 0.3) is 0 Å². The molecule has 2 nitrogen and oxygen atoms in total. The fourth-order valence-electron chi connectivity index (χ4n) is 1.48. The van der Waals surface area contributed by atoms with Gasteiger partial charge in [0.2, 0.25) is 0 Å². The van der Waals surface area contributed by atoms with Crippen molar-refractivity contribution >= 4 is 22.9 Å². The molecule has 0 radical (unpaired) electrons. The summed E-state index contributed by atoms with van der Waals surface area (Å²) in [6.45, 7) is 3.06. The lowest BCUT2D eigenvalue weighted by atomic mass is 10.3. The van der Waals surface area contributed by atoms with Gasteiger partial charge in [0.1, 0.15) is 5.82 Å². The van der Waals surface area contributed by atoms with Gasteiger partial charge in [-0.05, 0) is 18.6 Å². The minimum Gasteiger partial charge on any atom is -0.329 e. The first-order valence-electron chi connectivity index (χ1n) is 4.97. The van der Waals surface area contributed by atoms with Crippen molar-refractivity contribution in [3.05, 3.63) is 40.1 Å². The van der Waals surface area contributed by atoms with E-state index in [-0.39, 0.29) is 0 Å². The van der Waals surface area contributed by atoms with E-state index in [1.807, 2.05) is 17.5 Å². The van der Waals surface area contributed by atoms with Gasteiger partial charge in [-0.1, -0.05) is 6.92 Å². The minimum absolute atomic E-state index is 0.471. The molecule has 0 aliphatic rings. The standard InChI is InChI=1S/C11H13ClN2S/c1-2-9-3-4-10(15-9)8-14-6-5-13-11(14)7-12/h3-6H,2,7-8H2,1H3. The van der Waals surface area contributed by atoms with Gasteiger partial charge in [-0.25, -0.2) is 4.98 Å². The summed E-state index contributed by atoms with van der Waals surface area (Å²) in [6, 6.07) is 4.37. The molecule has 0 unspecified atom stereocenters. The van der Waals surface area contributed by atoms with Crippen LogP contribution in [0.5, 0.6) is 0 Å². The first-order chi connectivity index (χ1) is 7.33. The lowest BCUT2D eigenvalue weighted by Gasteiger charge is -2.02. The number of nitrogens with zero attached hydrogens (tertiary/aromatic N) is 2. The molecule has 80 valence electrons. The summed E-state index contributed by atoms with van der Waals surface area (Å²) in [4.78, 5) is 6.98. The fourth-order valence-corrected chi connectivity index (χ4v) is 2.66. The van der Waals surface area contributed by atoms with Crippen LogP contribution in [0.3, 0.4) is 0 Å². The normalized spacial score (nSPS) is 10.8. The molecule has 0 amide bonds. The molecule has 0 aliphatic carbocycles. The SMILES string of the molecule is CCc1ccc(Cn2ccnc2CCl)s1. The third-order valence-corrected chi connectivity index (χ3v) is 3.77. The molecule has 0 saturated carbocycles. The Balaban J connectivity index is 2.14. The molecule has 2 rings (SSSR count). The second-order valence-corrected chi connectivity index (χ2v) is 4.85. The van der Waals surface area contributed by atoms with Crippen LogP contribution in [0.2, 0.25) is 0 Å². The summed E-state index contributed by atoms with van der Waals surface area (Å²) in [7, 11) is 0. The van der Waals surface area contributed by atoms with E-state index in [1.54, 1.807) is 6.20 Å². The maximum atomic E-state index is 5.79. The van der Waals surface area contributed by atoms with Gasteiger partial charge >= 0.3 is 0 Å². The highest BCUT2D eigenvalue weighted by molar-refractivity contribution is 7.11. The molecule has 0 bridgehead atoms. The molecular weight excluding hydrogens is 228 g/mol. The predicted octanol–water partition coefficient (Wildman–Crippen LogP) is 3.29. The number of imidazole rings is 1. The van der Waals surface area contributed by atoms with Gasteiger partial charge in [0, 0.05) is 22.1 Å². The number of alkyl halides is 1. The molecule has 2 heterocycles. The van der Waals surface area contributed by atoms with E-state index in [9.17, 15) is 0 Å². The number of hydrogen-bond donors (Lipinski definition) is 0. The van der Waals surface area contributed by atoms with Crippen LogP contribution in [-0.4, -0.2) is 9.55 Å². The van der Waals surface area contributed by atoms with Gasteiger partial charge in [0.05, 0.1) is 12.4 Å².